The van der Waals surface area contributed by atoms with E-state index in [1.54, 1.807) is 18.4 Å². The Morgan fingerprint density at radius 2 is 1.71 bits per heavy atom. The number of aromatic nitrogens is 2. The second kappa shape index (κ2) is 10.1. The maximum absolute atomic E-state index is 13.9. The largest absolute Gasteiger partial charge is 0.463 e. The van der Waals surface area contributed by atoms with Crippen molar-refractivity contribution in [3.05, 3.63) is 119 Å². The number of esters is 1. The van der Waals surface area contributed by atoms with Gasteiger partial charge in [0.25, 0.3) is 5.56 Å². The van der Waals surface area contributed by atoms with Gasteiger partial charge >= 0.3 is 5.97 Å². The lowest BCUT2D eigenvalue weighted by molar-refractivity contribution is -0.139. The van der Waals surface area contributed by atoms with E-state index in [2.05, 4.69) is 61.5 Å². The number of allylic oxidation sites excluding steroid dienone is 1. The minimum absolute atomic E-state index is 0.173. The molecule has 0 radical (unpaired) electrons. The molecule has 194 valence electrons. The molecule has 6 nitrogen and oxygen atoms in total. The van der Waals surface area contributed by atoms with Crippen LogP contribution in [0.2, 0.25) is 0 Å². The van der Waals surface area contributed by atoms with Crippen LogP contribution in [0.1, 0.15) is 53.5 Å². The number of ether oxygens (including phenoxy) is 1. The van der Waals surface area contributed by atoms with Crippen LogP contribution in [0.3, 0.4) is 0 Å². The van der Waals surface area contributed by atoms with Gasteiger partial charge in [-0.2, -0.15) is 0 Å². The zero-order chi connectivity index (χ0) is 27.1. The van der Waals surface area contributed by atoms with Gasteiger partial charge in [0.2, 0.25) is 0 Å². The van der Waals surface area contributed by atoms with Crippen molar-refractivity contribution < 1.29 is 9.53 Å². The molecule has 0 aliphatic carbocycles. The Labute approximate surface area is 225 Å². The highest BCUT2D eigenvalue weighted by Crippen LogP contribution is 2.30. The lowest BCUT2D eigenvalue weighted by Gasteiger charge is -2.24. The summed E-state index contributed by atoms with van der Waals surface area (Å²) in [6.45, 7) is 12.2. The van der Waals surface area contributed by atoms with E-state index in [1.165, 1.54) is 22.5 Å². The van der Waals surface area contributed by atoms with Gasteiger partial charge in [0.15, 0.2) is 4.80 Å². The van der Waals surface area contributed by atoms with Gasteiger partial charge in [-0.05, 0) is 88.1 Å². The van der Waals surface area contributed by atoms with Crippen LogP contribution in [0, 0.1) is 27.7 Å². The maximum atomic E-state index is 13.9. The van der Waals surface area contributed by atoms with Crippen LogP contribution in [0.25, 0.3) is 11.8 Å². The van der Waals surface area contributed by atoms with Crippen molar-refractivity contribution in [1.29, 1.82) is 0 Å². The first kappa shape index (κ1) is 25.7. The molecule has 1 aliphatic rings. The molecular weight excluding hydrogens is 494 g/mol. The third kappa shape index (κ3) is 4.47. The molecule has 0 bridgehead atoms. The van der Waals surface area contributed by atoms with Gasteiger partial charge in [0.1, 0.15) is 0 Å². The number of thiazole rings is 1. The van der Waals surface area contributed by atoms with E-state index in [9.17, 15) is 9.59 Å². The van der Waals surface area contributed by atoms with Gasteiger partial charge in [-0.3, -0.25) is 9.36 Å². The number of hydrogen-bond acceptors (Lipinski definition) is 5. The Balaban J connectivity index is 1.69. The van der Waals surface area contributed by atoms with Gasteiger partial charge < -0.3 is 9.30 Å². The number of fused-ring (bicyclic) bond motifs is 1. The van der Waals surface area contributed by atoms with Crippen LogP contribution >= 0.6 is 11.3 Å². The number of carbonyl (C=O) groups is 1. The third-order valence-corrected chi connectivity index (χ3v) is 7.84. The van der Waals surface area contributed by atoms with Crippen LogP contribution in [-0.2, 0) is 9.53 Å². The molecule has 5 rings (SSSR count). The number of nitrogens with zero attached hydrogens (tertiary/aromatic N) is 3. The normalized spacial score (nSPS) is 15.4. The van der Waals surface area contributed by atoms with E-state index in [1.807, 2.05) is 36.4 Å². The van der Waals surface area contributed by atoms with Crippen molar-refractivity contribution in [3.8, 4) is 5.69 Å². The fraction of sp³-hybridized carbons (Fsp3) is 0.258. The van der Waals surface area contributed by atoms with Crippen molar-refractivity contribution in [3.63, 3.8) is 0 Å². The van der Waals surface area contributed by atoms with E-state index >= 15 is 0 Å². The molecule has 0 fully saturated rings. The predicted octanol–water partition coefficient (Wildman–Crippen LogP) is 4.82. The number of hydrogen-bond donors (Lipinski definition) is 0. The summed E-state index contributed by atoms with van der Waals surface area (Å²) >= 11 is 1.34. The minimum Gasteiger partial charge on any atom is -0.463 e. The molecule has 0 spiro atoms. The molecule has 7 heteroatoms. The molecular formula is C31H31N3O3S. The van der Waals surface area contributed by atoms with E-state index < -0.39 is 12.0 Å². The fourth-order valence-corrected chi connectivity index (χ4v) is 6.33. The van der Waals surface area contributed by atoms with Crippen molar-refractivity contribution in [2.75, 3.05) is 6.61 Å². The van der Waals surface area contributed by atoms with E-state index in [0.717, 1.165) is 28.2 Å². The zero-order valence-corrected chi connectivity index (χ0v) is 23.3. The van der Waals surface area contributed by atoms with Gasteiger partial charge in [0.05, 0.1) is 28.5 Å². The Morgan fingerprint density at radius 3 is 2.37 bits per heavy atom. The SMILES string of the molecule is CCOC(=O)C1=C(C)N=c2s/c(=C/c3cc(C)n(-c4cc(C)cc(C)c4)c3C)c(=O)n2[C@@H]1c1ccccc1. The van der Waals surface area contributed by atoms with Crippen molar-refractivity contribution in [1.82, 2.24) is 9.13 Å². The second-order valence-corrected chi connectivity index (χ2v) is 10.7. The molecule has 2 aromatic heterocycles. The molecule has 0 amide bonds. The molecule has 2 aromatic carbocycles. The zero-order valence-electron chi connectivity index (χ0n) is 22.5. The maximum Gasteiger partial charge on any atom is 0.338 e. The van der Waals surface area contributed by atoms with Crippen LogP contribution < -0.4 is 14.9 Å². The summed E-state index contributed by atoms with van der Waals surface area (Å²) in [6.07, 6.45) is 1.94. The minimum atomic E-state index is -0.601. The van der Waals surface area contributed by atoms with Crippen molar-refractivity contribution in [2.45, 2.75) is 47.6 Å². The lowest BCUT2D eigenvalue weighted by atomic mass is 9.96. The van der Waals surface area contributed by atoms with Gasteiger partial charge in [-0.15, -0.1) is 0 Å². The smallest absolute Gasteiger partial charge is 0.338 e. The van der Waals surface area contributed by atoms with Gasteiger partial charge in [-0.25, -0.2) is 9.79 Å². The lowest BCUT2D eigenvalue weighted by Crippen LogP contribution is -2.39. The first-order valence-corrected chi connectivity index (χ1v) is 13.5. The Morgan fingerprint density at radius 1 is 1.03 bits per heavy atom. The van der Waals surface area contributed by atoms with Crippen LogP contribution in [-0.4, -0.2) is 21.7 Å². The quantitative estimate of drug-likeness (QED) is 0.351. The topological polar surface area (TPSA) is 65.6 Å². The molecule has 4 aromatic rings. The van der Waals surface area contributed by atoms with E-state index in [4.69, 9.17) is 4.74 Å². The molecule has 0 saturated heterocycles. The average Bonchev–Trinajstić information content (AvgIpc) is 3.32. The highest BCUT2D eigenvalue weighted by molar-refractivity contribution is 7.07. The van der Waals surface area contributed by atoms with Gasteiger partial charge in [-0.1, -0.05) is 47.7 Å². The van der Waals surface area contributed by atoms with Crippen LogP contribution in [0.5, 0.6) is 0 Å². The van der Waals surface area contributed by atoms with E-state index in [-0.39, 0.29) is 12.2 Å². The summed E-state index contributed by atoms with van der Waals surface area (Å²) in [7, 11) is 0. The fourth-order valence-electron chi connectivity index (χ4n) is 5.29. The Kier molecular flexibility index (Phi) is 6.80. The second-order valence-electron chi connectivity index (χ2n) is 9.72. The highest BCUT2D eigenvalue weighted by atomic mass is 32.1. The van der Waals surface area contributed by atoms with Crippen LogP contribution in [0.15, 0.2) is 75.7 Å². The molecule has 1 atom stereocenters. The summed E-state index contributed by atoms with van der Waals surface area (Å²) in [6, 6.07) is 17.6. The number of aryl methyl sites for hydroxylation is 3. The van der Waals surface area contributed by atoms with E-state index in [0.29, 0.717) is 20.6 Å². The third-order valence-electron chi connectivity index (χ3n) is 6.85. The summed E-state index contributed by atoms with van der Waals surface area (Å²) in [5.41, 5.74) is 8.27. The predicted molar refractivity (Wildman–Crippen MR) is 152 cm³/mol. The molecule has 0 saturated carbocycles. The molecule has 1 aliphatic heterocycles. The summed E-state index contributed by atoms with van der Waals surface area (Å²) in [4.78, 5) is 32.2. The first-order valence-electron chi connectivity index (χ1n) is 12.7. The average molecular weight is 526 g/mol. The van der Waals surface area contributed by atoms with Crippen molar-refractivity contribution in [2.24, 2.45) is 4.99 Å². The number of rotatable bonds is 5. The molecule has 0 unspecified atom stereocenters. The molecule has 3 heterocycles. The monoisotopic (exact) mass is 525 g/mol. The highest BCUT2D eigenvalue weighted by Gasteiger charge is 2.33. The Hall–Kier alpha value is -3.97. The molecule has 0 N–H and O–H groups in total. The van der Waals surface area contributed by atoms with Crippen LogP contribution in [0.4, 0.5) is 0 Å². The summed E-state index contributed by atoms with van der Waals surface area (Å²) in [5.74, 6) is -0.450. The van der Waals surface area contributed by atoms with Gasteiger partial charge in [0, 0.05) is 17.1 Å². The Bertz CT molecular complexity index is 1750. The summed E-state index contributed by atoms with van der Waals surface area (Å²) in [5, 5.41) is 0. The first-order chi connectivity index (χ1) is 18.2. The number of benzene rings is 2. The summed E-state index contributed by atoms with van der Waals surface area (Å²) < 4.78 is 9.80. The molecule has 38 heavy (non-hydrogen) atoms. The van der Waals surface area contributed by atoms with Crippen molar-refractivity contribution >= 4 is 23.4 Å². The standard InChI is InChI=1S/C31H31N3O3S/c1-7-37-30(36)27-21(5)32-31-34(28(27)23-11-9-8-10-12-23)29(35)26(38-31)17-24-16-20(4)33(22(24)6)25-14-18(2)13-19(3)15-25/h8-17,28H,7H2,1-6H3/b26-17+/t28-/m1/s1. The number of carbonyl (C=O) groups excluding carboxylic acids is 1.